The monoisotopic (exact) mass is 396 g/mol. The highest BCUT2D eigenvalue weighted by Gasteiger charge is 2.50. The molecule has 2 aromatic rings. The highest BCUT2D eigenvalue weighted by Crippen LogP contribution is 2.41. The van der Waals surface area contributed by atoms with Gasteiger partial charge in [0.25, 0.3) is 0 Å². The van der Waals surface area contributed by atoms with E-state index in [-0.39, 0.29) is 5.54 Å². The summed E-state index contributed by atoms with van der Waals surface area (Å²) in [4.78, 5) is 4.51. The average molecular weight is 397 g/mol. The minimum Gasteiger partial charge on any atom is -0.382 e. The van der Waals surface area contributed by atoms with Crippen molar-refractivity contribution >= 4 is 0 Å². The maximum absolute atomic E-state index is 15.3. The zero-order valence-electron chi connectivity index (χ0n) is 18.0. The molecule has 156 valence electrons. The summed E-state index contributed by atoms with van der Waals surface area (Å²) in [5.74, 6) is 0. The summed E-state index contributed by atoms with van der Waals surface area (Å²) < 4.78 is 15.3. The average Bonchev–Trinajstić information content (AvgIpc) is 2.63. The normalized spacial score (nSPS) is 21.6. The van der Waals surface area contributed by atoms with Gasteiger partial charge in [0.1, 0.15) is 5.60 Å². The Bertz CT molecular complexity index is 852. The lowest BCUT2D eigenvalue weighted by atomic mass is 9.80. The second-order valence-electron chi connectivity index (χ2n) is 9.91. The van der Waals surface area contributed by atoms with Crippen LogP contribution in [0, 0.1) is 0 Å². The molecule has 4 rings (SSSR count). The van der Waals surface area contributed by atoms with Gasteiger partial charge in [-0.2, -0.15) is 0 Å². The second kappa shape index (κ2) is 7.19. The van der Waals surface area contributed by atoms with Crippen LogP contribution in [0.5, 0.6) is 0 Å². The summed E-state index contributed by atoms with van der Waals surface area (Å²) >= 11 is 0. The van der Waals surface area contributed by atoms with Crippen molar-refractivity contribution in [3.63, 3.8) is 0 Å². The summed E-state index contributed by atoms with van der Waals surface area (Å²) in [6, 6.07) is 18.3. The molecule has 0 amide bonds. The number of hydrogen-bond donors (Lipinski definition) is 1. The van der Waals surface area contributed by atoms with Crippen LogP contribution in [0.4, 0.5) is 4.39 Å². The molecule has 0 radical (unpaired) electrons. The largest absolute Gasteiger partial charge is 0.382 e. The van der Waals surface area contributed by atoms with Crippen LogP contribution in [0.3, 0.4) is 0 Å². The van der Waals surface area contributed by atoms with Crippen LogP contribution in [0.1, 0.15) is 44.4 Å². The molecule has 1 N–H and O–H groups in total. The minimum atomic E-state index is -1.25. The van der Waals surface area contributed by atoms with E-state index in [1.165, 1.54) is 5.56 Å². The Hall–Kier alpha value is -1.75. The van der Waals surface area contributed by atoms with Crippen molar-refractivity contribution < 1.29 is 9.50 Å². The maximum Gasteiger partial charge on any atom is 0.161 e. The lowest BCUT2D eigenvalue weighted by molar-refractivity contribution is -0.116. The van der Waals surface area contributed by atoms with Gasteiger partial charge < -0.3 is 5.11 Å². The molecule has 0 atom stereocenters. The molecule has 2 aromatic carbocycles. The molecule has 2 heterocycles. The molecule has 0 aliphatic carbocycles. The zero-order chi connectivity index (χ0) is 20.9. The molecule has 2 aliphatic heterocycles. The van der Waals surface area contributed by atoms with E-state index in [4.69, 9.17) is 0 Å². The fraction of sp³-hybridized carbons (Fsp3) is 0.520. The molecule has 2 fully saturated rings. The van der Waals surface area contributed by atoms with Gasteiger partial charge >= 0.3 is 0 Å². The number of nitrogens with zero attached hydrogens (tertiary/aromatic N) is 2. The molecule has 0 spiro atoms. The fourth-order valence-corrected chi connectivity index (χ4v) is 4.66. The van der Waals surface area contributed by atoms with E-state index in [2.05, 4.69) is 49.6 Å². The van der Waals surface area contributed by atoms with Gasteiger partial charge in [0.05, 0.1) is 0 Å². The highest BCUT2D eigenvalue weighted by molar-refractivity contribution is 5.33. The number of rotatable bonds is 6. The first kappa shape index (κ1) is 20.5. The van der Waals surface area contributed by atoms with Crippen LogP contribution in [-0.2, 0) is 17.7 Å². The third-order valence-electron chi connectivity index (χ3n) is 6.79. The molecular formula is C25H33FN2O. The summed E-state index contributed by atoms with van der Waals surface area (Å²) in [5, 5.41) is 11.0. The Morgan fingerprint density at radius 1 is 0.966 bits per heavy atom. The second-order valence-corrected chi connectivity index (χ2v) is 9.91. The van der Waals surface area contributed by atoms with Crippen molar-refractivity contribution in [3.05, 3.63) is 71.3 Å². The van der Waals surface area contributed by atoms with Gasteiger partial charge in [0.15, 0.2) is 5.67 Å². The Labute approximate surface area is 174 Å². The first-order valence-corrected chi connectivity index (χ1v) is 10.7. The molecule has 4 heteroatoms. The quantitative estimate of drug-likeness (QED) is 0.796. The smallest absolute Gasteiger partial charge is 0.161 e. The van der Waals surface area contributed by atoms with Crippen LogP contribution < -0.4 is 0 Å². The topological polar surface area (TPSA) is 26.7 Å². The van der Waals surface area contributed by atoms with Crippen molar-refractivity contribution in [3.8, 4) is 0 Å². The van der Waals surface area contributed by atoms with Crippen LogP contribution in [0.2, 0.25) is 0 Å². The van der Waals surface area contributed by atoms with Gasteiger partial charge in [-0.15, -0.1) is 0 Å². The van der Waals surface area contributed by atoms with E-state index in [0.29, 0.717) is 32.2 Å². The van der Waals surface area contributed by atoms with E-state index in [1.807, 2.05) is 42.5 Å². The first-order chi connectivity index (χ1) is 13.6. The SMILES string of the molecule is CC(C)N1CC(O)(c2cccc(CC(C)(C)N3CC(F)(c4ccccc4)C3)c2)C1. The highest BCUT2D eigenvalue weighted by atomic mass is 19.1. The van der Waals surface area contributed by atoms with Crippen LogP contribution in [-0.4, -0.2) is 52.7 Å². The number of hydrogen-bond acceptors (Lipinski definition) is 3. The van der Waals surface area contributed by atoms with Gasteiger partial charge in [0.2, 0.25) is 0 Å². The van der Waals surface area contributed by atoms with Gasteiger partial charge in [-0.1, -0.05) is 54.6 Å². The van der Waals surface area contributed by atoms with Gasteiger partial charge in [-0.25, -0.2) is 4.39 Å². The summed E-state index contributed by atoms with van der Waals surface area (Å²) in [6.45, 7) is 10.9. The molecule has 0 aromatic heterocycles. The lowest BCUT2D eigenvalue weighted by Gasteiger charge is -2.53. The van der Waals surface area contributed by atoms with Crippen molar-refractivity contribution in [2.45, 2.75) is 57.0 Å². The van der Waals surface area contributed by atoms with Crippen LogP contribution in [0.25, 0.3) is 0 Å². The van der Waals surface area contributed by atoms with E-state index in [1.54, 1.807) is 0 Å². The molecule has 0 unspecified atom stereocenters. The molecule has 3 nitrogen and oxygen atoms in total. The third kappa shape index (κ3) is 3.86. The van der Waals surface area contributed by atoms with Crippen LogP contribution in [0.15, 0.2) is 54.6 Å². The lowest BCUT2D eigenvalue weighted by Crippen LogP contribution is -2.64. The molecular weight excluding hydrogens is 363 g/mol. The first-order valence-electron chi connectivity index (χ1n) is 10.7. The van der Waals surface area contributed by atoms with Gasteiger partial charge in [0, 0.05) is 37.8 Å². The zero-order valence-corrected chi connectivity index (χ0v) is 18.0. The van der Waals surface area contributed by atoms with Gasteiger partial charge in [-0.05, 0) is 50.8 Å². The molecule has 2 saturated heterocycles. The predicted molar refractivity (Wildman–Crippen MR) is 116 cm³/mol. The Morgan fingerprint density at radius 2 is 1.59 bits per heavy atom. The summed E-state index contributed by atoms with van der Waals surface area (Å²) in [5.41, 5.74) is 0.825. The van der Waals surface area contributed by atoms with Crippen molar-refractivity contribution in [2.75, 3.05) is 26.2 Å². The van der Waals surface area contributed by atoms with E-state index in [0.717, 1.165) is 17.5 Å². The van der Waals surface area contributed by atoms with E-state index in [9.17, 15) is 5.11 Å². The molecule has 0 saturated carbocycles. The van der Waals surface area contributed by atoms with Crippen LogP contribution >= 0.6 is 0 Å². The fourth-order valence-electron chi connectivity index (χ4n) is 4.66. The number of β-amino-alcohol motifs (C(OH)–C–C–N with tert-alkyl or cyclic N) is 1. The number of halogens is 1. The molecule has 2 aliphatic rings. The number of likely N-dealkylation sites (tertiary alicyclic amines) is 2. The van der Waals surface area contributed by atoms with E-state index >= 15 is 4.39 Å². The van der Waals surface area contributed by atoms with Crippen molar-refractivity contribution in [1.29, 1.82) is 0 Å². The third-order valence-corrected chi connectivity index (χ3v) is 6.79. The van der Waals surface area contributed by atoms with Gasteiger partial charge in [-0.3, -0.25) is 9.80 Å². The number of benzene rings is 2. The van der Waals surface area contributed by atoms with Crippen molar-refractivity contribution in [1.82, 2.24) is 9.80 Å². The Morgan fingerprint density at radius 3 is 2.21 bits per heavy atom. The number of aliphatic hydroxyl groups is 1. The minimum absolute atomic E-state index is 0.144. The molecule has 29 heavy (non-hydrogen) atoms. The number of alkyl halides is 1. The Balaban J connectivity index is 1.42. The standard InChI is InChI=1S/C25H33FN2O/c1-19(2)27-17-25(29,18-27)22-12-8-9-20(13-22)14-23(3,4)28-15-24(26,16-28)21-10-6-5-7-11-21/h5-13,19,29H,14-18H2,1-4H3. The Kier molecular flexibility index (Phi) is 5.09. The maximum atomic E-state index is 15.3. The summed E-state index contributed by atoms with van der Waals surface area (Å²) in [7, 11) is 0. The summed E-state index contributed by atoms with van der Waals surface area (Å²) in [6.07, 6.45) is 0.829. The predicted octanol–water partition coefficient (Wildman–Crippen LogP) is 4.10. The van der Waals surface area contributed by atoms with E-state index < -0.39 is 11.3 Å². The molecule has 0 bridgehead atoms. The van der Waals surface area contributed by atoms with Crippen molar-refractivity contribution in [2.24, 2.45) is 0 Å².